The maximum absolute atomic E-state index is 12.1. The second kappa shape index (κ2) is 11.7. The van der Waals surface area contributed by atoms with E-state index in [4.69, 9.17) is 25.5 Å². The molecule has 0 atom stereocenters. The standard InChI is InChI=1S/C20H24N2O5.C5H3ClO2/c1-20(2,3)27-19(24)21-15-6-4-14(5-7-15)17-12-16(23)13-18(26-17)22-8-10-25-11-9-22;6-4-2-1-3-8-5(4)7/h4-7,12-13H,8-11H2,1-3H3,(H,21,24);1-3H. The zero-order valence-electron chi connectivity index (χ0n) is 19.7. The Bertz CT molecular complexity index is 1240. The van der Waals surface area contributed by atoms with Crippen LogP contribution in [0.5, 0.6) is 0 Å². The van der Waals surface area contributed by atoms with Crippen molar-refractivity contribution < 1.29 is 23.1 Å². The normalized spacial score (nSPS) is 13.4. The third-order valence-corrected chi connectivity index (χ3v) is 4.86. The summed E-state index contributed by atoms with van der Waals surface area (Å²) in [6.07, 6.45) is 0.768. The van der Waals surface area contributed by atoms with Crippen molar-refractivity contribution in [2.24, 2.45) is 0 Å². The predicted octanol–water partition coefficient (Wildman–Crippen LogP) is 4.78. The second-order valence-corrected chi connectivity index (χ2v) is 8.95. The Morgan fingerprint density at radius 1 is 1.06 bits per heavy atom. The lowest BCUT2D eigenvalue weighted by atomic mass is 10.1. The Labute approximate surface area is 207 Å². The van der Waals surface area contributed by atoms with Gasteiger partial charge in [-0.25, -0.2) is 9.59 Å². The molecule has 0 saturated carbocycles. The van der Waals surface area contributed by atoms with E-state index in [2.05, 4.69) is 9.73 Å². The van der Waals surface area contributed by atoms with Crippen molar-refractivity contribution in [3.63, 3.8) is 0 Å². The largest absolute Gasteiger partial charge is 0.444 e. The highest BCUT2D eigenvalue weighted by Crippen LogP contribution is 2.25. The Kier molecular flexibility index (Phi) is 8.73. The average Bonchev–Trinajstić information content (AvgIpc) is 2.81. The number of morpholine rings is 1. The van der Waals surface area contributed by atoms with Gasteiger partial charge in [-0.3, -0.25) is 10.1 Å². The average molecular weight is 503 g/mol. The van der Waals surface area contributed by atoms with Gasteiger partial charge in [-0.2, -0.15) is 0 Å². The van der Waals surface area contributed by atoms with Gasteiger partial charge in [0, 0.05) is 36.5 Å². The van der Waals surface area contributed by atoms with Crippen molar-refractivity contribution in [3.8, 4) is 11.3 Å². The third kappa shape index (κ3) is 8.31. The fraction of sp³-hybridized carbons (Fsp3) is 0.320. The van der Waals surface area contributed by atoms with Crippen molar-refractivity contribution >= 4 is 29.3 Å². The molecule has 9 nitrogen and oxygen atoms in total. The molecule has 2 aromatic heterocycles. The van der Waals surface area contributed by atoms with Gasteiger partial charge in [0.25, 0.3) is 0 Å². The summed E-state index contributed by atoms with van der Waals surface area (Å²) >= 11 is 5.30. The van der Waals surface area contributed by atoms with Crippen LogP contribution in [0.1, 0.15) is 20.8 Å². The van der Waals surface area contributed by atoms with Gasteiger partial charge < -0.3 is 23.2 Å². The lowest BCUT2D eigenvalue weighted by Gasteiger charge is -2.27. The van der Waals surface area contributed by atoms with Gasteiger partial charge in [0.2, 0.25) is 0 Å². The summed E-state index contributed by atoms with van der Waals surface area (Å²) in [7, 11) is 0. The van der Waals surface area contributed by atoms with Crippen LogP contribution in [0.15, 0.2) is 73.2 Å². The molecule has 35 heavy (non-hydrogen) atoms. The summed E-state index contributed by atoms with van der Waals surface area (Å²) in [4.78, 5) is 36.2. The van der Waals surface area contributed by atoms with Crippen LogP contribution in [0.2, 0.25) is 5.02 Å². The number of carbonyl (C=O) groups is 1. The molecule has 1 aromatic carbocycles. The van der Waals surface area contributed by atoms with Crippen LogP contribution in [0.3, 0.4) is 0 Å². The minimum atomic E-state index is -0.562. The van der Waals surface area contributed by atoms with Gasteiger partial charge in [0.15, 0.2) is 11.3 Å². The molecule has 1 fully saturated rings. The molecule has 1 aliphatic heterocycles. The van der Waals surface area contributed by atoms with Crippen molar-refractivity contribution in [3.05, 3.63) is 80.5 Å². The lowest BCUT2D eigenvalue weighted by Crippen LogP contribution is -2.36. The molecule has 1 aliphatic rings. The molecule has 10 heteroatoms. The molecular weight excluding hydrogens is 476 g/mol. The van der Waals surface area contributed by atoms with Crippen LogP contribution < -0.4 is 21.3 Å². The quantitative estimate of drug-likeness (QED) is 0.544. The predicted molar refractivity (Wildman–Crippen MR) is 133 cm³/mol. The summed E-state index contributed by atoms with van der Waals surface area (Å²) in [5, 5.41) is 2.79. The van der Waals surface area contributed by atoms with E-state index < -0.39 is 17.3 Å². The van der Waals surface area contributed by atoms with Crippen molar-refractivity contribution in [2.45, 2.75) is 26.4 Å². The fourth-order valence-corrected chi connectivity index (χ4v) is 3.15. The number of halogens is 1. The zero-order valence-corrected chi connectivity index (χ0v) is 20.5. The van der Waals surface area contributed by atoms with E-state index in [0.29, 0.717) is 43.6 Å². The van der Waals surface area contributed by atoms with E-state index in [1.807, 2.05) is 4.90 Å². The minimum Gasteiger partial charge on any atom is -0.444 e. The lowest BCUT2D eigenvalue weighted by molar-refractivity contribution is 0.0636. The van der Waals surface area contributed by atoms with E-state index in [1.54, 1.807) is 51.1 Å². The topological polar surface area (TPSA) is 111 Å². The number of carbonyl (C=O) groups excluding carboxylic acids is 1. The van der Waals surface area contributed by atoms with E-state index in [0.717, 1.165) is 5.56 Å². The molecular formula is C25H27ClN2O7. The van der Waals surface area contributed by atoms with Crippen LogP contribution in [0.4, 0.5) is 16.4 Å². The molecule has 4 rings (SSSR count). The van der Waals surface area contributed by atoms with Crippen molar-refractivity contribution in [1.82, 2.24) is 0 Å². The Hall–Kier alpha value is -3.56. The summed E-state index contributed by atoms with van der Waals surface area (Å²) in [5.41, 5.74) is 0.174. The first-order valence-corrected chi connectivity index (χ1v) is 11.3. The minimum absolute atomic E-state index is 0.117. The molecule has 0 radical (unpaired) electrons. The van der Waals surface area contributed by atoms with E-state index in [1.165, 1.54) is 24.5 Å². The SMILES string of the molecule is CC(C)(C)OC(=O)Nc1ccc(-c2cc(=O)cc(N3CCOCC3)o2)cc1.O=c1occcc1Cl. The van der Waals surface area contributed by atoms with E-state index in [9.17, 15) is 14.4 Å². The first-order valence-electron chi connectivity index (χ1n) is 10.9. The number of amides is 1. The number of hydrogen-bond donors (Lipinski definition) is 1. The number of anilines is 2. The highest BCUT2D eigenvalue weighted by atomic mass is 35.5. The van der Waals surface area contributed by atoms with Crippen LogP contribution >= 0.6 is 11.6 Å². The third-order valence-electron chi connectivity index (χ3n) is 4.58. The molecule has 1 saturated heterocycles. The van der Waals surface area contributed by atoms with Crippen molar-refractivity contribution in [1.29, 1.82) is 0 Å². The summed E-state index contributed by atoms with van der Waals surface area (Å²) in [6.45, 7) is 8.01. The number of hydrogen-bond acceptors (Lipinski definition) is 8. The number of nitrogens with one attached hydrogen (secondary N) is 1. The molecule has 3 heterocycles. The molecule has 0 unspecified atom stereocenters. The second-order valence-electron chi connectivity index (χ2n) is 8.55. The van der Waals surface area contributed by atoms with Crippen LogP contribution in [0, 0.1) is 0 Å². The first-order chi connectivity index (χ1) is 16.6. The Balaban J connectivity index is 0.000000363. The fourth-order valence-electron chi connectivity index (χ4n) is 3.03. The van der Waals surface area contributed by atoms with Crippen LogP contribution in [-0.2, 0) is 9.47 Å². The molecule has 0 bridgehead atoms. The number of rotatable bonds is 3. The van der Waals surface area contributed by atoms with Crippen LogP contribution in [-0.4, -0.2) is 38.0 Å². The summed E-state index contributed by atoms with van der Waals surface area (Å²) in [6, 6.07) is 13.0. The van der Waals surface area contributed by atoms with Crippen LogP contribution in [0.25, 0.3) is 11.3 Å². The number of benzene rings is 1. The van der Waals surface area contributed by atoms with Gasteiger partial charge >= 0.3 is 11.7 Å². The Morgan fingerprint density at radius 2 is 1.74 bits per heavy atom. The van der Waals surface area contributed by atoms with Gasteiger partial charge in [-0.1, -0.05) is 11.6 Å². The molecule has 186 valence electrons. The molecule has 1 amide bonds. The molecule has 0 aliphatic carbocycles. The first kappa shape index (κ1) is 26.1. The van der Waals surface area contributed by atoms with E-state index in [-0.39, 0.29) is 10.5 Å². The summed E-state index contributed by atoms with van der Waals surface area (Å²) < 4.78 is 20.9. The zero-order chi connectivity index (χ0) is 25.4. The molecule has 1 N–H and O–H groups in total. The smallest absolute Gasteiger partial charge is 0.412 e. The monoisotopic (exact) mass is 502 g/mol. The maximum Gasteiger partial charge on any atom is 0.412 e. The Morgan fingerprint density at radius 3 is 2.31 bits per heavy atom. The molecule has 3 aromatic rings. The van der Waals surface area contributed by atoms with E-state index >= 15 is 0 Å². The van der Waals surface area contributed by atoms with Gasteiger partial charge in [0.05, 0.1) is 19.5 Å². The number of nitrogens with zero attached hydrogens (tertiary/aromatic N) is 1. The van der Waals surface area contributed by atoms with Gasteiger partial charge in [-0.15, -0.1) is 0 Å². The summed E-state index contributed by atoms with van der Waals surface area (Å²) in [5.74, 6) is 1.02. The van der Waals surface area contributed by atoms with Gasteiger partial charge in [-0.05, 0) is 57.2 Å². The molecule has 0 spiro atoms. The highest BCUT2D eigenvalue weighted by Gasteiger charge is 2.17. The number of ether oxygens (including phenoxy) is 2. The van der Waals surface area contributed by atoms with Gasteiger partial charge in [0.1, 0.15) is 16.4 Å². The maximum atomic E-state index is 12.1. The van der Waals surface area contributed by atoms with Crippen molar-refractivity contribution in [2.75, 3.05) is 36.5 Å². The highest BCUT2D eigenvalue weighted by molar-refractivity contribution is 6.30.